The fraction of sp³-hybridized carbons (Fsp3) is 0.0833. The largest absolute Gasteiger partial charge is 0.489 e. The van der Waals surface area contributed by atoms with Gasteiger partial charge in [0.1, 0.15) is 23.9 Å². The number of benzene rings is 3. The zero-order valence-corrected chi connectivity index (χ0v) is 17.2. The van der Waals surface area contributed by atoms with Gasteiger partial charge in [0.2, 0.25) is 0 Å². The highest BCUT2D eigenvalue weighted by molar-refractivity contribution is 7.20. The summed E-state index contributed by atoms with van der Waals surface area (Å²) in [5.74, 6) is 1.04. The van der Waals surface area contributed by atoms with Crippen molar-refractivity contribution >= 4 is 33.2 Å². The Balaban J connectivity index is 1.49. The predicted molar refractivity (Wildman–Crippen MR) is 120 cm³/mol. The number of ether oxygens (including phenoxy) is 2. The second-order valence-electron chi connectivity index (χ2n) is 6.83. The number of carbonyl (C=O) groups excluding carboxylic acids is 1. The Labute approximate surface area is 178 Å². The van der Waals surface area contributed by atoms with Gasteiger partial charge < -0.3 is 15.2 Å². The maximum absolute atomic E-state index is 11.0. The van der Waals surface area contributed by atoms with Crippen LogP contribution >= 0.6 is 11.3 Å². The van der Waals surface area contributed by atoms with Gasteiger partial charge in [0.15, 0.2) is 0 Å². The number of thiophene rings is 1. The molecule has 6 heteroatoms. The highest BCUT2D eigenvalue weighted by atomic mass is 32.1. The van der Waals surface area contributed by atoms with E-state index >= 15 is 0 Å². The second kappa shape index (κ2) is 8.39. The third-order valence-corrected chi connectivity index (χ3v) is 5.69. The zero-order chi connectivity index (χ0) is 21.1. The van der Waals surface area contributed by atoms with Crippen LogP contribution in [0.3, 0.4) is 0 Å². The van der Waals surface area contributed by atoms with Gasteiger partial charge in [-0.05, 0) is 64.5 Å². The minimum absolute atomic E-state index is 0.0917. The Morgan fingerprint density at radius 3 is 2.47 bits per heavy atom. The lowest BCUT2D eigenvalue weighted by Gasteiger charge is -2.09. The quantitative estimate of drug-likeness (QED) is 0.192. The van der Waals surface area contributed by atoms with Crippen LogP contribution in [-0.2, 0) is 11.4 Å². The van der Waals surface area contributed by atoms with E-state index in [0.29, 0.717) is 12.4 Å². The van der Waals surface area contributed by atoms with E-state index in [1.54, 1.807) is 12.1 Å². The van der Waals surface area contributed by atoms with Gasteiger partial charge in [0, 0.05) is 11.6 Å². The normalized spacial score (nSPS) is 10.7. The minimum atomic E-state index is -0.339. The Hall–Kier alpha value is -3.64. The molecule has 1 aromatic heterocycles. The standard InChI is InChI=1S/C24H20N2O3S/c1-15(27)29-20-8-5-16(6-9-20)14-28-21-4-2-3-17(12-21)18-7-10-22-19(11-18)13-23(30-22)24(25)26/h2-13H,14H2,1H3,(H3,25,26). The molecule has 0 aliphatic rings. The highest BCUT2D eigenvalue weighted by Gasteiger charge is 2.07. The molecule has 0 unspecified atom stereocenters. The van der Waals surface area contributed by atoms with Gasteiger partial charge in [0.25, 0.3) is 0 Å². The molecule has 0 atom stereocenters. The maximum atomic E-state index is 11.0. The molecule has 0 saturated heterocycles. The Bertz CT molecular complexity index is 1230. The van der Waals surface area contributed by atoms with Crippen molar-refractivity contribution in [2.24, 2.45) is 5.73 Å². The van der Waals surface area contributed by atoms with Gasteiger partial charge in [-0.15, -0.1) is 11.3 Å². The number of nitrogens with one attached hydrogen (secondary N) is 1. The number of nitrogens with two attached hydrogens (primary N) is 1. The van der Waals surface area contributed by atoms with Crippen molar-refractivity contribution in [1.82, 2.24) is 0 Å². The van der Waals surface area contributed by atoms with Gasteiger partial charge in [-0.25, -0.2) is 0 Å². The van der Waals surface area contributed by atoms with Crippen LogP contribution in [0.1, 0.15) is 17.4 Å². The topological polar surface area (TPSA) is 85.4 Å². The van der Waals surface area contributed by atoms with Crippen LogP contribution in [0.25, 0.3) is 21.2 Å². The summed E-state index contributed by atoms with van der Waals surface area (Å²) < 4.78 is 12.1. The molecular weight excluding hydrogens is 396 g/mol. The SMILES string of the molecule is CC(=O)Oc1ccc(COc2cccc(-c3ccc4sc(C(=N)N)cc4c3)c2)cc1. The summed E-state index contributed by atoms with van der Waals surface area (Å²) in [4.78, 5) is 11.8. The van der Waals surface area contributed by atoms with Gasteiger partial charge in [-0.1, -0.05) is 30.3 Å². The summed E-state index contributed by atoms with van der Waals surface area (Å²) in [5, 5.41) is 8.69. The number of hydrogen-bond donors (Lipinski definition) is 2. The van der Waals surface area contributed by atoms with Crippen molar-refractivity contribution in [1.29, 1.82) is 5.41 Å². The van der Waals surface area contributed by atoms with E-state index < -0.39 is 0 Å². The van der Waals surface area contributed by atoms with Crippen molar-refractivity contribution in [2.45, 2.75) is 13.5 Å². The van der Waals surface area contributed by atoms with Crippen molar-refractivity contribution in [2.75, 3.05) is 0 Å². The Kier molecular flexibility index (Phi) is 5.50. The summed E-state index contributed by atoms with van der Waals surface area (Å²) >= 11 is 1.52. The third-order valence-electron chi connectivity index (χ3n) is 4.54. The van der Waals surface area contributed by atoms with E-state index in [-0.39, 0.29) is 11.8 Å². The number of esters is 1. The van der Waals surface area contributed by atoms with Crippen molar-refractivity contribution < 1.29 is 14.3 Å². The van der Waals surface area contributed by atoms with Gasteiger partial charge in [-0.3, -0.25) is 10.2 Å². The van der Waals surface area contributed by atoms with E-state index in [0.717, 1.165) is 37.4 Å². The van der Waals surface area contributed by atoms with Crippen LogP contribution in [0.15, 0.2) is 72.8 Å². The van der Waals surface area contributed by atoms with Crippen LogP contribution < -0.4 is 15.2 Å². The molecule has 0 saturated carbocycles. The number of hydrogen-bond acceptors (Lipinski definition) is 5. The fourth-order valence-electron chi connectivity index (χ4n) is 3.11. The van der Waals surface area contributed by atoms with Crippen LogP contribution in [0.5, 0.6) is 11.5 Å². The molecule has 1 heterocycles. The number of amidine groups is 1. The molecule has 3 aromatic carbocycles. The van der Waals surface area contributed by atoms with Crippen molar-refractivity contribution in [3.63, 3.8) is 0 Å². The lowest BCUT2D eigenvalue weighted by molar-refractivity contribution is -0.131. The van der Waals surface area contributed by atoms with E-state index in [9.17, 15) is 4.79 Å². The first-order valence-electron chi connectivity index (χ1n) is 9.36. The predicted octanol–water partition coefficient (Wildman–Crippen LogP) is 5.36. The second-order valence-corrected chi connectivity index (χ2v) is 7.91. The molecule has 150 valence electrons. The molecule has 0 aliphatic heterocycles. The van der Waals surface area contributed by atoms with Crippen LogP contribution in [-0.4, -0.2) is 11.8 Å². The van der Waals surface area contributed by atoms with Gasteiger partial charge >= 0.3 is 5.97 Å². The average molecular weight is 417 g/mol. The van der Waals surface area contributed by atoms with E-state index in [4.69, 9.17) is 20.6 Å². The Morgan fingerprint density at radius 2 is 1.73 bits per heavy atom. The molecule has 0 radical (unpaired) electrons. The molecule has 0 spiro atoms. The molecular formula is C24H20N2O3S. The zero-order valence-electron chi connectivity index (χ0n) is 16.3. The molecule has 0 fully saturated rings. The van der Waals surface area contributed by atoms with Crippen LogP contribution in [0.2, 0.25) is 0 Å². The number of rotatable bonds is 6. The average Bonchev–Trinajstić information content (AvgIpc) is 3.17. The molecule has 0 aliphatic carbocycles. The van der Waals surface area contributed by atoms with Crippen molar-refractivity contribution in [3.8, 4) is 22.6 Å². The number of nitrogen functional groups attached to an aromatic ring is 1. The van der Waals surface area contributed by atoms with E-state index in [1.165, 1.54) is 18.3 Å². The molecule has 4 rings (SSSR count). The number of fused-ring (bicyclic) bond motifs is 1. The summed E-state index contributed by atoms with van der Waals surface area (Å²) in [6, 6.07) is 23.4. The maximum Gasteiger partial charge on any atom is 0.308 e. The molecule has 3 N–H and O–H groups in total. The van der Waals surface area contributed by atoms with Gasteiger partial charge in [-0.2, -0.15) is 0 Å². The fourth-order valence-corrected chi connectivity index (χ4v) is 4.01. The monoisotopic (exact) mass is 416 g/mol. The van der Waals surface area contributed by atoms with E-state index in [1.807, 2.05) is 42.5 Å². The van der Waals surface area contributed by atoms with Crippen molar-refractivity contribution in [3.05, 3.63) is 83.2 Å². The molecule has 5 nitrogen and oxygen atoms in total. The molecule has 30 heavy (non-hydrogen) atoms. The first-order chi connectivity index (χ1) is 14.5. The first-order valence-corrected chi connectivity index (χ1v) is 10.2. The lowest BCUT2D eigenvalue weighted by atomic mass is 10.0. The van der Waals surface area contributed by atoms with Gasteiger partial charge in [0.05, 0.1) is 4.88 Å². The molecule has 0 bridgehead atoms. The summed E-state index contributed by atoms with van der Waals surface area (Å²) in [5.41, 5.74) is 8.72. The van der Waals surface area contributed by atoms with Crippen LogP contribution in [0.4, 0.5) is 0 Å². The number of carbonyl (C=O) groups is 1. The van der Waals surface area contributed by atoms with E-state index in [2.05, 4.69) is 18.2 Å². The summed E-state index contributed by atoms with van der Waals surface area (Å²) in [6.07, 6.45) is 0. The smallest absolute Gasteiger partial charge is 0.308 e. The minimum Gasteiger partial charge on any atom is -0.489 e. The molecule has 0 amide bonds. The third kappa shape index (κ3) is 4.50. The summed E-state index contributed by atoms with van der Waals surface area (Å²) in [7, 11) is 0. The van der Waals surface area contributed by atoms with Crippen LogP contribution in [0, 0.1) is 5.41 Å². The molecule has 4 aromatic rings. The lowest BCUT2D eigenvalue weighted by Crippen LogP contribution is -2.08. The summed E-state index contributed by atoms with van der Waals surface area (Å²) in [6.45, 7) is 1.79. The highest BCUT2D eigenvalue weighted by Crippen LogP contribution is 2.31. The Morgan fingerprint density at radius 1 is 0.967 bits per heavy atom. The first kappa shape index (κ1) is 19.7.